The Morgan fingerprint density at radius 2 is 1.97 bits per heavy atom. The van der Waals surface area contributed by atoms with Crippen LogP contribution in [0, 0.1) is 5.92 Å². The van der Waals surface area contributed by atoms with Gasteiger partial charge in [-0.25, -0.2) is 9.97 Å². The van der Waals surface area contributed by atoms with Crippen molar-refractivity contribution in [1.82, 2.24) is 14.9 Å². The molecule has 0 amide bonds. The van der Waals surface area contributed by atoms with Gasteiger partial charge in [-0.05, 0) is 30.7 Å². The van der Waals surface area contributed by atoms with Crippen LogP contribution < -0.4 is 5.32 Å². The zero-order valence-corrected chi connectivity index (χ0v) is 18.6. The van der Waals surface area contributed by atoms with Crippen molar-refractivity contribution < 1.29 is 9.84 Å². The maximum atomic E-state index is 9.50. The van der Waals surface area contributed by atoms with Gasteiger partial charge >= 0.3 is 0 Å². The highest BCUT2D eigenvalue weighted by atomic mass is 32.1. The van der Waals surface area contributed by atoms with Crippen molar-refractivity contribution in [3.63, 3.8) is 0 Å². The fourth-order valence-electron chi connectivity index (χ4n) is 4.86. The monoisotopic (exact) mass is 438 g/mol. The third-order valence-corrected chi connectivity index (χ3v) is 7.39. The van der Waals surface area contributed by atoms with Gasteiger partial charge < -0.3 is 15.2 Å². The van der Waals surface area contributed by atoms with Gasteiger partial charge in [-0.1, -0.05) is 36.8 Å². The number of nitrogens with one attached hydrogen (secondary N) is 1. The third kappa shape index (κ3) is 4.60. The highest BCUT2D eigenvalue weighted by Crippen LogP contribution is 2.39. The number of nitrogens with zero attached hydrogens (tertiary/aromatic N) is 3. The first-order valence-corrected chi connectivity index (χ1v) is 12.2. The van der Waals surface area contributed by atoms with E-state index in [1.807, 2.05) is 6.07 Å². The molecule has 7 heteroatoms. The quantitative estimate of drug-likeness (QED) is 0.577. The normalized spacial score (nSPS) is 22.2. The largest absolute Gasteiger partial charge is 0.396 e. The lowest BCUT2D eigenvalue weighted by Gasteiger charge is -2.26. The first-order valence-electron chi connectivity index (χ1n) is 11.3. The van der Waals surface area contributed by atoms with Crippen LogP contribution in [0.3, 0.4) is 0 Å². The van der Waals surface area contributed by atoms with Crippen LogP contribution in [0.1, 0.15) is 31.5 Å². The van der Waals surface area contributed by atoms with Crippen LogP contribution in [0.4, 0.5) is 5.82 Å². The average molecular weight is 439 g/mol. The number of hydrogen-bond donors (Lipinski definition) is 2. The van der Waals surface area contributed by atoms with E-state index in [-0.39, 0.29) is 6.61 Å². The zero-order valence-electron chi connectivity index (χ0n) is 17.8. The van der Waals surface area contributed by atoms with E-state index in [4.69, 9.17) is 14.7 Å². The Morgan fingerprint density at radius 1 is 1.13 bits per heavy atom. The molecule has 2 N–H and O–H groups in total. The summed E-state index contributed by atoms with van der Waals surface area (Å²) in [5.41, 5.74) is 2.39. The molecule has 0 spiro atoms. The van der Waals surface area contributed by atoms with Crippen molar-refractivity contribution in [3.05, 3.63) is 41.5 Å². The van der Waals surface area contributed by atoms with Crippen molar-refractivity contribution in [1.29, 1.82) is 0 Å². The fraction of sp³-hybridized carbons (Fsp3) is 0.500. The molecule has 31 heavy (non-hydrogen) atoms. The van der Waals surface area contributed by atoms with Gasteiger partial charge in [-0.2, -0.15) is 0 Å². The summed E-state index contributed by atoms with van der Waals surface area (Å²) < 4.78 is 5.49. The molecule has 0 radical (unpaired) electrons. The molecular formula is C24H30N4O2S. The van der Waals surface area contributed by atoms with Gasteiger partial charge in [-0.15, -0.1) is 11.3 Å². The number of morpholine rings is 1. The van der Waals surface area contributed by atoms with Gasteiger partial charge in [0, 0.05) is 36.7 Å². The summed E-state index contributed by atoms with van der Waals surface area (Å²) >= 11 is 1.69. The van der Waals surface area contributed by atoms with Gasteiger partial charge in [0.05, 0.1) is 25.1 Å². The molecule has 164 valence electrons. The van der Waals surface area contributed by atoms with E-state index in [1.54, 1.807) is 11.3 Å². The van der Waals surface area contributed by atoms with E-state index in [2.05, 4.69) is 39.9 Å². The van der Waals surface area contributed by atoms with Crippen molar-refractivity contribution in [2.45, 2.75) is 38.3 Å². The molecule has 1 aliphatic carbocycles. The van der Waals surface area contributed by atoms with Gasteiger partial charge in [0.25, 0.3) is 0 Å². The van der Waals surface area contributed by atoms with Crippen LogP contribution in [0.5, 0.6) is 0 Å². The Labute approximate surface area is 187 Å². The Hall–Kier alpha value is -2.06. The average Bonchev–Trinajstić information content (AvgIpc) is 3.42. The van der Waals surface area contributed by atoms with Gasteiger partial charge in [-0.3, -0.25) is 4.90 Å². The molecule has 5 rings (SSSR count). The van der Waals surface area contributed by atoms with Gasteiger partial charge in [0.2, 0.25) is 0 Å². The standard InChI is InChI=1S/C24H30N4O2S/c29-12-9-18-7-4-8-20(18)25-23-22-19(17-5-2-1-3-6-17)16-31-24(22)27-21(26-23)15-28-10-13-30-14-11-28/h1-3,5-6,16,18,20,29H,4,7-15H2,(H,25,26,27). The minimum absolute atomic E-state index is 0.248. The first kappa shape index (κ1) is 20.8. The number of benzene rings is 1. The van der Waals surface area contributed by atoms with E-state index < -0.39 is 0 Å². The summed E-state index contributed by atoms with van der Waals surface area (Å²) in [6.07, 6.45) is 4.34. The fourth-order valence-corrected chi connectivity index (χ4v) is 5.83. The van der Waals surface area contributed by atoms with E-state index in [0.29, 0.717) is 12.0 Å². The summed E-state index contributed by atoms with van der Waals surface area (Å²) in [4.78, 5) is 13.4. The summed E-state index contributed by atoms with van der Waals surface area (Å²) in [5, 5.41) is 16.6. The molecule has 2 unspecified atom stereocenters. The third-order valence-electron chi connectivity index (χ3n) is 6.51. The lowest BCUT2D eigenvalue weighted by Crippen LogP contribution is -2.36. The highest BCUT2D eigenvalue weighted by molar-refractivity contribution is 7.17. The lowest BCUT2D eigenvalue weighted by atomic mass is 9.99. The number of hydrogen-bond acceptors (Lipinski definition) is 7. The molecule has 2 aromatic heterocycles. The Morgan fingerprint density at radius 3 is 2.77 bits per heavy atom. The van der Waals surface area contributed by atoms with Crippen LogP contribution in [0.2, 0.25) is 0 Å². The molecule has 2 aliphatic rings. The summed E-state index contributed by atoms with van der Waals surface area (Å²) in [6.45, 7) is 4.39. The van der Waals surface area contributed by atoms with Crippen molar-refractivity contribution in [3.8, 4) is 11.1 Å². The number of fused-ring (bicyclic) bond motifs is 1. The Balaban J connectivity index is 1.52. The van der Waals surface area contributed by atoms with E-state index in [1.165, 1.54) is 24.0 Å². The van der Waals surface area contributed by atoms with E-state index >= 15 is 0 Å². The summed E-state index contributed by atoms with van der Waals surface area (Å²) in [7, 11) is 0. The number of ether oxygens (including phenoxy) is 1. The molecule has 1 saturated carbocycles. The van der Waals surface area contributed by atoms with Crippen molar-refractivity contribution in [2.75, 3.05) is 38.2 Å². The molecule has 1 aliphatic heterocycles. The smallest absolute Gasteiger partial charge is 0.146 e. The molecule has 0 bridgehead atoms. The van der Waals surface area contributed by atoms with Crippen molar-refractivity contribution in [2.24, 2.45) is 5.92 Å². The molecule has 6 nitrogen and oxygen atoms in total. The highest BCUT2D eigenvalue weighted by Gasteiger charge is 2.28. The van der Waals surface area contributed by atoms with Crippen LogP contribution in [-0.4, -0.2) is 58.9 Å². The maximum absolute atomic E-state index is 9.50. The molecule has 1 aromatic carbocycles. The number of aliphatic hydroxyl groups excluding tert-OH is 1. The number of rotatable bonds is 7. The zero-order chi connectivity index (χ0) is 21.0. The predicted octanol–water partition coefficient (Wildman–Crippen LogP) is 4.15. The Kier molecular flexibility index (Phi) is 6.45. The number of aromatic nitrogens is 2. The minimum Gasteiger partial charge on any atom is -0.396 e. The maximum Gasteiger partial charge on any atom is 0.146 e. The second-order valence-electron chi connectivity index (χ2n) is 8.53. The Bertz CT molecular complexity index is 1000. The first-order chi connectivity index (χ1) is 15.3. The minimum atomic E-state index is 0.248. The number of anilines is 1. The second-order valence-corrected chi connectivity index (χ2v) is 9.38. The second kappa shape index (κ2) is 9.61. The molecular weight excluding hydrogens is 408 g/mol. The summed E-state index contributed by atoms with van der Waals surface area (Å²) in [5.74, 6) is 2.31. The van der Waals surface area contributed by atoms with Crippen LogP contribution in [0.15, 0.2) is 35.7 Å². The van der Waals surface area contributed by atoms with Crippen LogP contribution >= 0.6 is 11.3 Å². The lowest BCUT2D eigenvalue weighted by molar-refractivity contribution is 0.0331. The number of aliphatic hydroxyl groups is 1. The van der Waals surface area contributed by atoms with E-state index in [0.717, 1.165) is 67.5 Å². The van der Waals surface area contributed by atoms with Crippen LogP contribution in [-0.2, 0) is 11.3 Å². The topological polar surface area (TPSA) is 70.5 Å². The molecule has 3 aromatic rings. The van der Waals surface area contributed by atoms with Crippen LogP contribution in [0.25, 0.3) is 21.3 Å². The van der Waals surface area contributed by atoms with Gasteiger partial charge in [0.1, 0.15) is 16.5 Å². The number of thiophene rings is 1. The van der Waals surface area contributed by atoms with Crippen molar-refractivity contribution >= 4 is 27.4 Å². The molecule has 3 heterocycles. The summed E-state index contributed by atoms with van der Waals surface area (Å²) in [6, 6.07) is 10.9. The molecule has 2 atom stereocenters. The SMILES string of the molecule is OCCC1CCCC1Nc1nc(CN2CCOCC2)nc2scc(-c3ccccc3)c12. The predicted molar refractivity (Wildman–Crippen MR) is 125 cm³/mol. The van der Waals surface area contributed by atoms with Gasteiger partial charge in [0.15, 0.2) is 0 Å². The molecule has 2 fully saturated rings. The van der Waals surface area contributed by atoms with E-state index in [9.17, 15) is 5.11 Å². The molecule has 1 saturated heterocycles.